The van der Waals surface area contributed by atoms with E-state index in [2.05, 4.69) is 102 Å². The molecule has 206 valence electrons. The highest BCUT2D eigenvalue weighted by Gasteiger charge is 2.11. The molecule has 2 rings (SSSR count). The van der Waals surface area contributed by atoms with Crippen molar-refractivity contribution in [2.75, 3.05) is 0 Å². The first-order chi connectivity index (χ1) is 15.7. The van der Waals surface area contributed by atoms with Crippen molar-refractivity contribution in [3.8, 4) is 0 Å². The van der Waals surface area contributed by atoms with Crippen LogP contribution in [0.1, 0.15) is 143 Å². The molecule has 0 saturated heterocycles. The van der Waals surface area contributed by atoms with Gasteiger partial charge in [-0.25, -0.2) is 0 Å². The van der Waals surface area contributed by atoms with Crippen LogP contribution in [-0.4, -0.2) is 0 Å². The summed E-state index contributed by atoms with van der Waals surface area (Å²) in [7, 11) is 0. The van der Waals surface area contributed by atoms with Gasteiger partial charge in [-0.15, -0.1) is 0 Å². The summed E-state index contributed by atoms with van der Waals surface area (Å²) < 4.78 is 0. The molecule has 0 unspecified atom stereocenters. The van der Waals surface area contributed by atoms with E-state index in [1.54, 1.807) is 0 Å². The van der Waals surface area contributed by atoms with Gasteiger partial charge >= 0.3 is 0 Å². The fourth-order valence-electron chi connectivity index (χ4n) is 2.15. The van der Waals surface area contributed by atoms with Crippen LogP contribution in [0, 0.1) is 5.41 Å². The van der Waals surface area contributed by atoms with E-state index in [1.165, 1.54) is 11.1 Å². The molecule has 34 heavy (non-hydrogen) atoms. The van der Waals surface area contributed by atoms with Gasteiger partial charge in [0.25, 0.3) is 0 Å². The van der Waals surface area contributed by atoms with Crippen LogP contribution in [-0.2, 0) is 11.8 Å². The minimum absolute atomic E-state index is 0. The first kappa shape index (κ1) is 49.5. The molecule has 0 spiro atoms. The van der Waals surface area contributed by atoms with E-state index in [1.807, 2.05) is 83.1 Å². The molecule has 0 bridgehead atoms. The topological polar surface area (TPSA) is 0 Å². The van der Waals surface area contributed by atoms with Crippen LogP contribution in [0.5, 0.6) is 0 Å². The molecular weight excluding hydrogens is 408 g/mol. The summed E-state index contributed by atoms with van der Waals surface area (Å²) in [6, 6.07) is 21.2. The molecule has 0 aliphatic heterocycles. The lowest BCUT2D eigenvalue weighted by Crippen LogP contribution is -2.10. The largest absolute Gasteiger partial charge is 0.0776 e. The zero-order chi connectivity index (χ0) is 27.9. The molecule has 0 heteroatoms. The highest BCUT2D eigenvalue weighted by atomic mass is 14.2. The summed E-state index contributed by atoms with van der Waals surface area (Å²) >= 11 is 0. The maximum absolute atomic E-state index is 2.26. The Morgan fingerprint density at radius 1 is 0.441 bits per heavy atom. The first-order valence-corrected chi connectivity index (χ1v) is 13.8. The summed E-state index contributed by atoms with van der Waals surface area (Å²) in [4.78, 5) is 0. The maximum Gasteiger partial charge on any atom is -0.0132 e. The van der Waals surface area contributed by atoms with Gasteiger partial charge in [-0.3, -0.25) is 0 Å². The lowest BCUT2D eigenvalue weighted by atomic mass is 9.87. The Kier molecular flexibility index (Phi) is 56.4. The number of benzene rings is 2. The zero-order valence-electron chi connectivity index (χ0n) is 26.5. The van der Waals surface area contributed by atoms with Crippen LogP contribution in [0.25, 0.3) is 0 Å². The maximum atomic E-state index is 2.26. The molecule has 2 aromatic carbocycles. The standard InChI is InChI=1S/C11H16.C10H14.6C2H6.CH4/c1-11(2,3)9-10-7-5-4-6-8-10;1-10(2,3)9-7-5-4-6-8-9;6*1-2;/h4-8H,9H2,1-3H3;4-8H,1-3H3;6*1-2H3;1H4. The molecule has 0 fully saturated rings. The van der Waals surface area contributed by atoms with E-state index in [4.69, 9.17) is 0 Å². The van der Waals surface area contributed by atoms with Crippen LogP contribution in [0.2, 0.25) is 0 Å². The predicted molar refractivity (Wildman–Crippen MR) is 170 cm³/mol. The summed E-state index contributed by atoms with van der Waals surface area (Å²) in [6.07, 6.45) is 1.16. The van der Waals surface area contributed by atoms with Crippen LogP contribution in [0.4, 0.5) is 0 Å². The monoisotopic (exact) mass is 479 g/mol. The Morgan fingerprint density at radius 2 is 0.706 bits per heavy atom. The normalized spacial score (nSPS) is 8.18. The minimum Gasteiger partial charge on any atom is -0.0776 e. The first-order valence-electron chi connectivity index (χ1n) is 13.8. The van der Waals surface area contributed by atoms with E-state index in [-0.39, 0.29) is 7.43 Å². The molecule has 0 amide bonds. The van der Waals surface area contributed by atoms with Gasteiger partial charge < -0.3 is 0 Å². The molecule has 0 atom stereocenters. The Balaban J connectivity index is -0.0000000585. The highest BCUT2D eigenvalue weighted by molar-refractivity contribution is 5.22. The molecule has 0 heterocycles. The Bertz CT molecular complexity index is 495. The molecule has 0 radical (unpaired) electrons. The van der Waals surface area contributed by atoms with Gasteiger partial charge in [0.15, 0.2) is 0 Å². The zero-order valence-corrected chi connectivity index (χ0v) is 26.5. The van der Waals surface area contributed by atoms with E-state index in [0.29, 0.717) is 10.8 Å². The summed E-state index contributed by atoms with van der Waals surface area (Å²) in [6.45, 7) is 37.5. The van der Waals surface area contributed by atoms with Crippen molar-refractivity contribution in [3.05, 3.63) is 71.8 Å². The molecule has 0 N–H and O–H groups in total. The predicted octanol–water partition coefficient (Wildman–Crippen LogP) is 13.1. The average molecular weight is 479 g/mol. The van der Waals surface area contributed by atoms with E-state index in [0.717, 1.165) is 6.42 Å². The van der Waals surface area contributed by atoms with Gasteiger partial charge in [0, 0.05) is 0 Å². The van der Waals surface area contributed by atoms with Crippen molar-refractivity contribution < 1.29 is 0 Å². The van der Waals surface area contributed by atoms with Crippen molar-refractivity contribution in [1.82, 2.24) is 0 Å². The summed E-state index contributed by atoms with van der Waals surface area (Å²) in [5.74, 6) is 0. The van der Waals surface area contributed by atoms with Gasteiger partial charge in [-0.2, -0.15) is 0 Å². The number of hydrogen-bond acceptors (Lipinski definition) is 0. The van der Waals surface area contributed by atoms with Gasteiger partial charge in [0.2, 0.25) is 0 Å². The summed E-state index contributed by atoms with van der Waals surface area (Å²) in [5, 5.41) is 0. The van der Waals surface area contributed by atoms with Crippen molar-refractivity contribution in [2.45, 2.75) is 144 Å². The molecule has 0 aliphatic carbocycles. The van der Waals surface area contributed by atoms with E-state index >= 15 is 0 Å². The number of rotatable bonds is 1. The van der Waals surface area contributed by atoms with E-state index in [9.17, 15) is 0 Å². The molecule has 0 aliphatic rings. The third-order valence-electron chi connectivity index (χ3n) is 3.22. The molecule has 0 saturated carbocycles. The van der Waals surface area contributed by atoms with Crippen LogP contribution in [0.3, 0.4) is 0 Å². The van der Waals surface area contributed by atoms with Gasteiger partial charge in [-0.05, 0) is 28.4 Å². The van der Waals surface area contributed by atoms with E-state index < -0.39 is 0 Å². The third kappa shape index (κ3) is 40.8. The molecular formula is C34H70. The third-order valence-corrected chi connectivity index (χ3v) is 3.22. The van der Waals surface area contributed by atoms with Crippen molar-refractivity contribution in [2.24, 2.45) is 5.41 Å². The lowest BCUT2D eigenvalue weighted by Gasteiger charge is -2.18. The second-order valence-electron chi connectivity index (χ2n) is 7.84. The Hall–Kier alpha value is -1.56. The molecule has 0 nitrogen and oxygen atoms in total. The lowest BCUT2D eigenvalue weighted by molar-refractivity contribution is 0.411. The van der Waals surface area contributed by atoms with Crippen LogP contribution < -0.4 is 0 Å². The second-order valence-corrected chi connectivity index (χ2v) is 7.84. The smallest absolute Gasteiger partial charge is 0.0132 e. The highest BCUT2D eigenvalue weighted by Crippen LogP contribution is 2.21. The fourth-order valence-corrected chi connectivity index (χ4v) is 2.15. The van der Waals surface area contributed by atoms with Crippen LogP contribution >= 0.6 is 0 Å². The fraction of sp³-hybridized carbons (Fsp3) is 0.647. The minimum atomic E-state index is 0. The van der Waals surface area contributed by atoms with Crippen molar-refractivity contribution in [3.63, 3.8) is 0 Å². The molecule has 2 aromatic rings. The SMILES string of the molecule is C.CC.CC.CC.CC.CC.CC.CC(C)(C)Cc1ccccc1.CC(C)(C)c1ccccc1. The quantitative estimate of drug-likeness (QED) is 0.382. The summed E-state index contributed by atoms with van der Waals surface area (Å²) in [5.41, 5.74) is 3.53. The Labute approximate surface area is 221 Å². The average Bonchev–Trinajstić information content (AvgIpc) is 2.87. The second kappa shape index (κ2) is 38.7. The van der Waals surface area contributed by atoms with Gasteiger partial charge in [0.05, 0.1) is 0 Å². The number of hydrogen-bond donors (Lipinski definition) is 0. The molecule has 0 aromatic heterocycles. The van der Waals surface area contributed by atoms with Crippen molar-refractivity contribution in [1.29, 1.82) is 0 Å². The Morgan fingerprint density at radius 3 is 0.912 bits per heavy atom. The van der Waals surface area contributed by atoms with Crippen molar-refractivity contribution >= 4 is 0 Å². The van der Waals surface area contributed by atoms with Gasteiger partial charge in [0.1, 0.15) is 0 Å². The van der Waals surface area contributed by atoms with Gasteiger partial charge in [-0.1, -0.05) is 193 Å². The van der Waals surface area contributed by atoms with Crippen LogP contribution in [0.15, 0.2) is 60.7 Å².